The molecule has 76 valence electrons. The summed E-state index contributed by atoms with van der Waals surface area (Å²) in [6.45, 7) is 1.39. The smallest absolute Gasteiger partial charge is 0.264 e. The van der Waals surface area contributed by atoms with Gasteiger partial charge in [0.2, 0.25) is 0 Å². The first-order valence-electron chi connectivity index (χ1n) is 4.06. The van der Waals surface area contributed by atoms with Crippen LogP contribution >= 0.6 is 15.9 Å². The van der Waals surface area contributed by atoms with Crippen LogP contribution in [0.4, 0.5) is 8.78 Å². The number of alkyl halides is 2. The number of benzene rings is 1. The Morgan fingerprint density at radius 2 is 2.14 bits per heavy atom. The van der Waals surface area contributed by atoms with Crippen molar-refractivity contribution in [3.8, 4) is 0 Å². The Morgan fingerprint density at radius 1 is 1.50 bits per heavy atom. The molecule has 0 amide bonds. The number of hydrogen-bond donors (Lipinski definition) is 0. The largest absolute Gasteiger partial charge is 0.300 e. The van der Waals surface area contributed by atoms with Crippen LogP contribution in [-0.2, 0) is 11.2 Å². The molecule has 4 heteroatoms. The predicted molar refractivity (Wildman–Crippen MR) is 53.5 cm³/mol. The minimum atomic E-state index is -2.54. The van der Waals surface area contributed by atoms with Gasteiger partial charge in [0.15, 0.2) is 0 Å². The number of hydrogen-bond acceptors (Lipinski definition) is 1. The first-order valence-corrected chi connectivity index (χ1v) is 4.86. The molecule has 1 rings (SSSR count). The van der Waals surface area contributed by atoms with Crippen molar-refractivity contribution < 1.29 is 13.6 Å². The summed E-state index contributed by atoms with van der Waals surface area (Å²) in [4.78, 5) is 10.8. The van der Waals surface area contributed by atoms with Crippen molar-refractivity contribution in [2.75, 3.05) is 0 Å². The molecule has 0 heterocycles. The van der Waals surface area contributed by atoms with Crippen molar-refractivity contribution in [2.45, 2.75) is 19.8 Å². The van der Waals surface area contributed by atoms with E-state index in [1.165, 1.54) is 13.0 Å². The first-order chi connectivity index (χ1) is 6.50. The number of ketones is 1. The summed E-state index contributed by atoms with van der Waals surface area (Å²) in [6.07, 6.45) is -2.48. The number of Topliss-reactive ketones (excluding diaryl/α,β-unsaturated/α-hetero) is 1. The third-order valence-electron chi connectivity index (χ3n) is 1.78. The molecule has 0 radical (unpaired) electrons. The van der Waals surface area contributed by atoms with Crippen molar-refractivity contribution >= 4 is 21.7 Å². The van der Waals surface area contributed by atoms with Gasteiger partial charge in [-0.1, -0.05) is 22.0 Å². The molecule has 0 N–H and O–H groups in total. The zero-order valence-corrected chi connectivity index (χ0v) is 9.14. The van der Waals surface area contributed by atoms with E-state index >= 15 is 0 Å². The molecular formula is C10H9BrF2O. The number of carbonyl (C=O) groups is 1. The fourth-order valence-corrected chi connectivity index (χ4v) is 1.58. The van der Waals surface area contributed by atoms with E-state index in [-0.39, 0.29) is 17.8 Å². The lowest BCUT2D eigenvalue weighted by Gasteiger charge is -2.07. The summed E-state index contributed by atoms with van der Waals surface area (Å²) < 4.78 is 25.6. The van der Waals surface area contributed by atoms with Gasteiger partial charge >= 0.3 is 0 Å². The molecule has 0 spiro atoms. The highest BCUT2D eigenvalue weighted by molar-refractivity contribution is 9.10. The van der Waals surface area contributed by atoms with E-state index in [9.17, 15) is 13.6 Å². The molecule has 0 aromatic heterocycles. The lowest BCUT2D eigenvalue weighted by Crippen LogP contribution is -2.01. The zero-order chi connectivity index (χ0) is 10.7. The summed E-state index contributed by atoms with van der Waals surface area (Å²) in [6, 6.07) is 4.56. The van der Waals surface area contributed by atoms with Crippen LogP contribution in [0.15, 0.2) is 22.7 Å². The van der Waals surface area contributed by atoms with Gasteiger partial charge in [-0.15, -0.1) is 0 Å². The normalized spacial score (nSPS) is 10.6. The monoisotopic (exact) mass is 262 g/mol. The highest BCUT2D eigenvalue weighted by Gasteiger charge is 2.14. The number of rotatable bonds is 3. The molecule has 0 aliphatic carbocycles. The van der Waals surface area contributed by atoms with Crippen LogP contribution in [0.3, 0.4) is 0 Å². The molecular weight excluding hydrogens is 254 g/mol. The average Bonchev–Trinajstić information content (AvgIpc) is 2.07. The van der Waals surface area contributed by atoms with Crippen molar-refractivity contribution in [3.05, 3.63) is 33.8 Å². The highest BCUT2D eigenvalue weighted by Crippen LogP contribution is 2.26. The molecule has 1 aromatic rings. The van der Waals surface area contributed by atoms with Gasteiger partial charge in [-0.2, -0.15) is 0 Å². The molecule has 0 aliphatic heterocycles. The molecule has 0 saturated carbocycles. The van der Waals surface area contributed by atoms with Gasteiger partial charge in [0, 0.05) is 16.5 Å². The van der Waals surface area contributed by atoms with E-state index in [4.69, 9.17) is 0 Å². The standard InChI is InChI=1S/C10H9BrF2O/c1-6(14)4-7-2-3-8(11)5-9(7)10(12)13/h2-3,5,10H,4H2,1H3. The SMILES string of the molecule is CC(=O)Cc1ccc(Br)cc1C(F)F. The van der Waals surface area contributed by atoms with Gasteiger partial charge in [-0.05, 0) is 24.6 Å². The van der Waals surface area contributed by atoms with E-state index in [0.29, 0.717) is 10.0 Å². The Morgan fingerprint density at radius 3 is 2.64 bits per heavy atom. The second-order valence-corrected chi connectivity index (χ2v) is 3.94. The molecule has 0 unspecified atom stereocenters. The lowest BCUT2D eigenvalue weighted by molar-refractivity contribution is -0.116. The van der Waals surface area contributed by atoms with Crippen LogP contribution in [0.1, 0.15) is 24.5 Å². The van der Waals surface area contributed by atoms with Gasteiger partial charge < -0.3 is 0 Å². The molecule has 14 heavy (non-hydrogen) atoms. The van der Waals surface area contributed by atoms with Crippen molar-refractivity contribution in [1.29, 1.82) is 0 Å². The molecule has 0 atom stereocenters. The van der Waals surface area contributed by atoms with Crippen LogP contribution in [0, 0.1) is 0 Å². The minimum absolute atomic E-state index is 0.0625. The summed E-state index contributed by atoms with van der Waals surface area (Å²) in [7, 11) is 0. The second-order valence-electron chi connectivity index (χ2n) is 3.02. The van der Waals surface area contributed by atoms with Crippen molar-refractivity contribution in [1.82, 2.24) is 0 Å². The summed E-state index contributed by atoms with van der Waals surface area (Å²) in [5, 5.41) is 0. The number of halogens is 3. The van der Waals surface area contributed by atoms with Crippen LogP contribution < -0.4 is 0 Å². The van der Waals surface area contributed by atoms with Crippen LogP contribution in [0.25, 0.3) is 0 Å². The molecule has 0 saturated heterocycles. The maximum Gasteiger partial charge on any atom is 0.264 e. The Bertz CT molecular complexity index is 350. The lowest BCUT2D eigenvalue weighted by atomic mass is 10.0. The van der Waals surface area contributed by atoms with Crippen LogP contribution in [0.5, 0.6) is 0 Å². The van der Waals surface area contributed by atoms with Gasteiger partial charge in [0.25, 0.3) is 6.43 Å². The van der Waals surface area contributed by atoms with Crippen molar-refractivity contribution in [2.24, 2.45) is 0 Å². The molecule has 0 aliphatic rings. The minimum Gasteiger partial charge on any atom is -0.300 e. The van der Waals surface area contributed by atoms with Crippen molar-refractivity contribution in [3.63, 3.8) is 0 Å². The highest BCUT2D eigenvalue weighted by atomic mass is 79.9. The molecule has 1 nitrogen and oxygen atoms in total. The summed E-state index contributed by atoms with van der Waals surface area (Å²) >= 11 is 3.11. The number of carbonyl (C=O) groups excluding carboxylic acids is 1. The Hall–Kier alpha value is -0.770. The maximum atomic E-state index is 12.5. The molecule has 0 fully saturated rings. The van der Waals surface area contributed by atoms with Crippen LogP contribution in [-0.4, -0.2) is 5.78 Å². The topological polar surface area (TPSA) is 17.1 Å². The van der Waals surface area contributed by atoms with Gasteiger partial charge in [0.05, 0.1) is 0 Å². The third-order valence-corrected chi connectivity index (χ3v) is 2.28. The third kappa shape index (κ3) is 2.87. The Kier molecular flexibility index (Phi) is 3.75. The predicted octanol–water partition coefficient (Wildman–Crippen LogP) is 3.52. The van der Waals surface area contributed by atoms with E-state index in [0.717, 1.165) is 0 Å². The Balaban J connectivity index is 3.08. The van der Waals surface area contributed by atoms with E-state index in [1.807, 2.05) is 0 Å². The maximum absolute atomic E-state index is 12.5. The van der Waals surface area contributed by atoms with Gasteiger partial charge in [-0.3, -0.25) is 4.79 Å². The Labute approximate surface area is 89.3 Å². The van der Waals surface area contributed by atoms with Crippen LogP contribution in [0.2, 0.25) is 0 Å². The average molecular weight is 263 g/mol. The fraction of sp³-hybridized carbons (Fsp3) is 0.300. The quantitative estimate of drug-likeness (QED) is 0.815. The first kappa shape index (κ1) is 11.3. The fourth-order valence-electron chi connectivity index (χ4n) is 1.20. The van der Waals surface area contributed by atoms with Gasteiger partial charge in [0.1, 0.15) is 5.78 Å². The van der Waals surface area contributed by atoms with E-state index in [1.54, 1.807) is 12.1 Å². The summed E-state index contributed by atoms with van der Waals surface area (Å²) in [5.74, 6) is -0.116. The van der Waals surface area contributed by atoms with Gasteiger partial charge in [-0.25, -0.2) is 8.78 Å². The second kappa shape index (κ2) is 4.64. The summed E-state index contributed by atoms with van der Waals surface area (Å²) in [5.41, 5.74) is 0.324. The molecule has 0 bridgehead atoms. The van der Waals surface area contributed by atoms with E-state index < -0.39 is 6.43 Å². The zero-order valence-electron chi connectivity index (χ0n) is 7.56. The van der Waals surface area contributed by atoms with E-state index in [2.05, 4.69) is 15.9 Å². The molecule has 1 aromatic carbocycles.